The molecule has 3 rings (SSSR count). The lowest BCUT2D eigenvalue weighted by molar-refractivity contribution is 0.847. The van der Waals surface area contributed by atoms with Crippen LogP contribution in [-0.4, -0.2) is 0 Å². The maximum Gasteiger partial charge on any atom is -0.0146 e. The minimum absolute atomic E-state index is 0.437. The Balaban J connectivity index is 2.15. The lowest BCUT2D eigenvalue weighted by Gasteiger charge is -2.21. The van der Waals surface area contributed by atoms with E-state index in [1.807, 2.05) is 0 Å². The zero-order chi connectivity index (χ0) is 19.9. The van der Waals surface area contributed by atoms with Gasteiger partial charge in [-0.2, -0.15) is 0 Å². The van der Waals surface area contributed by atoms with Gasteiger partial charge in [-0.3, -0.25) is 0 Å². The SMILES string of the molecule is CC(C)C(=Cc1ccccc1)c1ccccc1C(=Cc1ccccc1)C(C)C. The van der Waals surface area contributed by atoms with Crippen molar-refractivity contribution < 1.29 is 0 Å². The summed E-state index contributed by atoms with van der Waals surface area (Å²) in [7, 11) is 0. The van der Waals surface area contributed by atoms with Gasteiger partial charge < -0.3 is 0 Å². The lowest BCUT2D eigenvalue weighted by Crippen LogP contribution is -2.02. The van der Waals surface area contributed by atoms with Crippen molar-refractivity contribution in [2.45, 2.75) is 27.7 Å². The Morgan fingerprint density at radius 3 is 1.14 bits per heavy atom. The molecule has 0 spiro atoms. The van der Waals surface area contributed by atoms with E-state index in [9.17, 15) is 0 Å². The lowest BCUT2D eigenvalue weighted by atomic mass is 9.84. The average Bonchev–Trinajstić information content (AvgIpc) is 2.71. The maximum absolute atomic E-state index is 2.34. The summed E-state index contributed by atoms with van der Waals surface area (Å²) in [6.07, 6.45) is 4.67. The van der Waals surface area contributed by atoms with Gasteiger partial charge in [0.1, 0.15) is 0 Å². The van der Waals surface area contributed by atoms with Crippen LogP contribution in [0.2, 0.25) is 0 Å². The van der Waals surface area contributed by atoms with E-state index in [4.69, 9.17) is 0 Å². The van der Waals surface area contributed by atoms with Crippen molar-refractivity contribution in [3.63, 3.8) is 0 Å². The van der Waals surface area contributed by atoms with Crippen molar-refractivity contribution in [3.05, 3.63) is 107 Å². The van der Waals surface area contributed by atoms with Crippen molar-refractivity contribution in [1.29, 1.82) is 0 Å². The van der Waals surface area contributed by atoms with E-state index in [2.05, 4.69) is 125 Å². The van der Waals surface area contributed by atoms with Gasteiger partial charge in [0.25, 0.3) is 0 Å². The van der Waals surface area contributed by atoms with Gasteiger partial charge in [-0.25, -0.2) is 0 Å². The van der Waals surface area contributed by atoms with Crippen LogP contribution < -0.4 is 0 Å². The number of allylic oxidation sites excluding steroid dienone is 2. The van der Waals surface area contributed by atoms with Crippen LogP contribution in [0.1, 0.15) is 49.9 Å². The summed E-state index contributed by atoms with van der Waals surface area (Å²) in [5.74, 6) is 0.873. The van der Waals surface area contributed by atoms with Crippen molar-refractivity contribution in [3.8, 4) is 0 Å². The van der Waals surface area contributed by atoms with Crippen molar-refractivity contribution in [1.82, 2.24) is 0 Å². The largest absolute Gasteiger partial charge is 0.0622 e. The van der Waals surface area contributed by atoms with Crippen LogP contribution in [0, 0.1) is 11.8 Å². The third kappa shape index (κ3) is 4.89. The number of hydrogen-bond acceptors (Lipinski definition) is 0. The van der Waals surface area contributed by atoms with Gasteiger partial charge in [0.05, 0.1) is 0 Å². The number of rotatable bonds is 6. The molecule has 0 heteroatoms. The molecule has 3 aromatic rings. The minimum Gasteiger partial charge on any atom is -0.0622 e. The Morgan fingerprint density at radius 2 is 0.821 bits per heavy atom. The van der Waals surface area contributed by atoms with E-state index in [-0.39, 0.29) is 0 Å². The molecule has 0 amide bonds. The highest BCUT2D eigenvalue weighted by Gasteiger charge is 2.16. The van der Waals surface area contributed by atoms with Gasteiger partial charge in [0.15, 0.2) is 0 Å². The van der Waals surface area contributed by atoms with Crippen LogP contribution in [0.25, 0.3) is 23.3 Å². The Bertz CT molecular complexity index is 861. The molecule has 0 atom stereocenters. The van der Waals surface area contributed by atoms with E-state index >= 15 is 0 Å². The maximum atomic E-state index is 2.34. The Kier molecular flexibility index (Phi) is 6.66. The molecule has 0 aliphatic rings. The molecule has 28 heavy (non-hydrogen) atoms. The van der Waals surface area contributed by atoms with Crippen LogP contribution in [-0.2, 0) is 0 Å². The fourth-order valence-corrected chi connectivity index (χ4v) is 3.56. The molecule has 0 radical (unpaired) electrons. The normalized spacial score (nSPS) is 12.6. The molecule has 3 aromatic carbocycles. The number of hydrogen-bond donors (Lipinski definition) is 0. The first-order valence-corrected chi connectivity index (χ1v) is 10.2. The first kappa shape index (κ1) is 19.9. The zero-order valence-electron chi connectivity index (χ0n) is 17.4. The highest BCUT2D eigenvalue weighted by molar-refractivity contribution is 5.92. The van der Waals surface area contributed by atoms with Crippen LogP contribution in [0.5, 0.6) is 0 Å². The fourth-order valence-electron chi connectivity index (χ4n) is 3.56. The highest BCUT2D eigenvalue weighted by Crippen LogP contribution is 2.35. The van der Waals surface area contributed by atoms with E-state index in [0.717, 1.165) is 0 Å². The second-order valence-corrected chi connectivity index (χ2v) is 7.88. The molecule has 0 aliphatic heterocycles. The van der Waals surface area contributed by atoms with E-state index in [0.29, 0.717) is 11.8 Å². The van der Waals surface area contributed by atoms with Crippen LogP contribution in [0.4, 0.5) is 0 Å². The highest BCUT2D eigenvalue weighted by atomic mass is 14.2. The summed E-state index contributed by atoms with van der Waals surface area (Å²) in [5.41, 5.74) is 7.91. The predicted octanol–water partition coefficient (Wildman–Crippen LogP) is 8.08. The summed E-state index contributed by atoms with van der Waals surface area (Å²) in [5, 5.41) is 0. The smallest absolute Gasteiger partial charge is 0.0146 e. The quantitative estimate of drug-likeness (QED) is 0.387. The molecule has 0 unspecified atom stereocenters. The summed E-state index contributed by atoms with van der Waals surface area (Å²) in [4.78, 5) is 0. The molecule has 0 saturated carbocycles. The zero-order valence-corrected chi connectivity index (χ0v) is 17.4. The number of benzene rings is 3. The first-order valence-electron chi connectivity index (χ1n) is 10.2. The van der Waals surface area contributed by atoms with Gasteiger partial charge in [0.2, 0.25) is 0 Å². The van der Waals surface area contributed by atoms with Gasteiger partial charge in [-0.1, -0.05) is 125 Å². The molecule has 0 heterocycles. The Hall–Kier alpha value is -2.86. The summed E-state index contributed by atoms with van der Waals surface area (Å²) < 4.78 is 0. The Labute approximate surface area is 170 Å². The molecule has 0 nitrogen and oxygen atoms in total. The van der Waals surface area contributed by atoms with Gasteiger partial charge in [-0.15, -0.1) is 0 Å². The summed E-state index contributed by atoms with van der Waals surface area (Å²) in [6, 6.07) is 30.1. The third-order valence-corrected chi connectivity index (χ3v) is 5.04. The minimum atomic E-state index is 0.437. The Morgan fingerprint density at radius 1 is 0.500 bits per heavy atom. The van der Waals surface area contributed by atoms with Gasteiger partial charge in [-0.05, 0) is 45.2 Å². The average molecular weight is 367 g/mol. The fraction of sp³-hybridized carbons (Fsp3) is 0.214. The third-order valence-electron chi connectivity index (χ3n) is 5.04. The van der Waals surface area contributed by atoms with Gasteiger partial charge >= 0.3 is 0 Å². The van der Waals surface area contributed by atoms with Crippen LogP contribution in [0.15, 0.2) is 84.9 Å². The molecule has 142 valence electrons. The standard InChI is InChI=1S/C28H30/c1-21(2)27(19-23-13-7-5-8-14-23)25-17-11-12-18-26(25)28(22(3)4)20-24-15-9-6-10-16-24/h5-22H,1-4H3. The van der Waals surface area contributed by atoms with Crippen LogP contribution in [0.3, 0.4) is 0 Å². The topological polar surface area (TPSA) is 0 Å². The molecule has 0 aromatic heterocycles. The van der Waals surface area contributed by atoms with Crippen molar-refractivity contribution in [2.24, 2.45) is 11.8 Å². The predicted molar refractivity (Wildman–Crippen MR) is 125 cm³/mol. The molecule has 0 fully saturated rings. The van der Waals surface area contributed by atoms with Gasteiger partial charge in [0, 0.05) is 0 Å². The molecule has 0 bridgehead atoms. The molecular formula is C28H30. The second kappa shape index (κ2) is 9.37. The van der Waals surface area contributed by atoms with E-state index in [1.54, 1.807) is 0 Å². The van der Waals surface area contributed by atoms with Crippen molar-refractivity contribution >= 4 is 23.3 Å². The molecule has 0 N–H and O–H groups in total. The molecule has 0 aliphatic carbocycles. The van der Waals surface area contributed by atoms with Crippen molar-refractivity contribution in [2.75, 3.05) is 0 Å². The monoisotopic (exact) mass is 366 g/mol. The van der Waals surface area contributed by atoms with E-state index in [1.165, 1.54) is 33.4 Å². The second-order valence-electron chi connectivity index (χ2n) is 7.88. The molecular weight excluding hydrogens is 336 g/mol. The van der Waals surface area contributed by atoms with E-state index < -0.39 is 0 Å². The molecule has 0 saturated heterocycles. The summed E-state index contributed by atoms with van der Waals surface area (Å²) in [6.45, 7) is 9.12. The first-order chi connectivity index (χ1) is 13.6. The summed E-state index contributed by atoms with van der Waals surface area (Å²) >= 11 is 0. The van der Waals surface area contributed by atoms with Crippen LogP contribution >= 0.6 is 0 Å².